The molecule has 0 saturated heterocycles. The highest BCUT2D eigenvalue weighted by Crippen LogP contribution is 2.64. The van der Waals surface area contributed by atoms with Crippen LogP contribution in [0.4, 0.5) is 0 Å². The molecular formula is C47H31OP. The smallest absolute Gasteiger partial charge is 0.171 e. The van der Waals surface area contributed by atoms with Crippen molar-refractivity contribution in [2.75, 3.05) is 0 Å². The summed E-state index contributed by atoms with van der Waals surface area (Å²) in [4.78, 5) is 0. The molecule has 49 heavy (non-hydrogen) atoms. The first-order valence-electron chi connectivity index (χ1n) is 16.9. The van der Waals surface area contributed by atoms with Crippen LogP contribution < -0.4 is 15.9 Å². The van der Waals surface area contributed by atoms with E-state index in [0.29, 0.717) is 0 Å². The van der Waals surface area contributed by atoms with Gasteiger partial charge in [-0.15, -0.1) is 0 Å². The minimum atomic E-state index is -3.05. The summed E-state index contributed by atoms with van der Waals surface area (Å²) in [5, 5.41) is 5.05. The van der Waals surface area contributed by atoms with Crippen molar-refractivity contribution >= 4 is 33.8 Å². The summed E-state index contributed by atoms with van der Waals surface area (Å²) >= 11 is 0. The molecule has 230 valence electrons. The second-order valence-corrected chi connectivity index (χ2v) is 15.9. The second kappa shape index (κ2) is 10.6. The van der Waals surface area contributed by atoms with Gasteiger partial charge in [-0.2, -0.15) is 0 Å². The number of hydrogen-bond acceptors (Lipinski definition) is 1. The minimum Gasteiger partial charge on any atom is -0.309 e. The van der Waals surface area contributed by atoms with Gasteiger partial charge in [-0.3, -0.25) is 0 Å². The molecule has 1 spiro atoms. The first-order chi connectivity index (χ1) is 24.2. The Morgan fingerprint density at radius 1 is 0.367 bits per heavy atom. The van der Waals surface area contributed by atoms with E-state index in [1.807, 2.05) is 60.7 Å². The Hall–Kier alpha value is -5.75. The lowest BCUT2D eigenvalue weighted by molar-refractivity contribution is 0.592. The van der Waals surface area contributed by atoms with Crippen molar-refractivity contribution < 1.29 is 4.57 Å². The summed E-state index contributed by atoms with van der Waals surface area (Å²) in [5.74, 6) is 0. The molecule has 0 atom stereocenters. The highest BCUT2D eigenvalue weighted by Gasteiger charge is 2.51. The number of hydrogen-bond donors (Lipinski definition) is 0. The van der Waals surface area contributed by atoms with Gasteiger partial charge in [0.25, 0.3) is 0 Å². The van der Waals surface area contributed by atoms with Gasteiger partial charge in [-0.05, 0) is 72.5 Å². The Balaban J connectivity index is 1.18. The van der Waals surface area contributed by atoms with E-state index >= 15 is 4.57 Å². The van der Waals surface area contributed by atoms with Gasteiger partial charge in [0.15, 0.2) is 7.14 Å². The van der Waals surface area contributed by atoms with E-state index in [-0.39, 0.29) is 5.41 Å². The van der Waals surface area contributed by atoms with Crippen LogP contribution in [0.25, 0.3) is 44.2 Å². The highest BCUT2D eigenvalue weighted by molar-refractivity contribution is 7.85. The fourth-order valence-electron chi connectivity index (χ4n) is 8.68. The third-order valence-corrected chi connectivity index (χ3v) is 13.9. The zero-order chi connectivity index (χ0) is 32.6. The highest BCUT2D eigenvalue weighted by atomic mass is 31.2. The maximum absolute atomic E-state index is 15.0. The molecular weight excluding hydrogens is 611 g/mol. The summed E-state index contributed by atoms with van der Waals surface area (Å²) < 4.78 is 15.0. The second-order valence-electron chi connectivity index (χ2n) is 13.1. The molecule has 8 aromatic carbocycles. The number of rotatable bonds is 4. The average Bonchev–Trinajstić information content (AvgIpc) is 3.65. The molecule has 0 aromatic heterocycles. The molecule has 0 fully saturated rings. The lowest BCUT2D eigenvalue weighted by atomic mass is 9.70. The zero-order valence-electron chi connectivity index (χ0n) is 26.8. The van der Waals surface area contributed by atoms with Crippen LogP contribution in [0.1, 0.15) is 22.3 Å². The first-order valence-corrected chi connectivity index (χ1v) is 18.6. The molecule has 1 nitrogen and oxygen atoms in total. The molecule has 0 radical (unpaired) electrons. The van der Waals surface area contributed by atoms with E-state index in [1.165, 1.54) is 55.3 Å². The molecule has 8 aromatic rings. The quantitative estimate of drug-likeness (QED) is 0.175. The van der Waals surface area contributed by atoms with E-state index < -0.39 is 7.14 Å². The van der Waals surface area contributed by atoms with Gasteiger partial charge in [0.1, 0.15) is 0 Å². The van der Waals surface area contributed by atoms with Crippen molar-refractivity contribution in [1.82, 2.24) is 0 Å². The fourth-order valence-corrected chi connectivity index (χ4v) is 11.3. The van der Waals surface area contributed by atoms with Gasteiger partial charge >= 0.3 is 0 Å². The van der Waals surface area contributed by atoms with Crippen LogP contribution in [0.3, 0.4) is 0 Å². The van der Waals surface area contributed by atoms with Crippen molar-refractivity contribution in [2.45, 2.75) is 5.41 Å². The molecule has 0 amide bonds. The molecule has 0 heterocycles. The lowest BCUT2D eigenvalue weighted by Crippen LogP contribution is -2.25. The molecule has 0 saturated carbocycles. The van der Waals surface area contributed by atoms with E-state index in [4.69, 9.17) is 0 Å². The van der Waals surface area contributed by atoms with Crippen LogP contribution in [0, 0.1) is 0 Å². The predicted octanol–water partition coefficient (Wildman–Crippen LogP) is 10.5. The Labute approximate surface area is 286 Å². The van der Waals surface area contributed by atoms with Crippen LogP contribution in [0.5, 0.6) is 0 Å². The Bertz CT molecular complexity index is 2530. The summed E-state index contributed by atoms with van der Waals surface area (Å²) in [6.45, 7) is 0. The van der Waals surface area contributed by atoms with Crippen molar-refractivity contribution in [1.29, 1.82) is 0 Å². The van der Waals surface area contributed by atoms with Gasteiger partial charge in [0.05, 0.1) is 5.41 Å². The summed E-state index contributed by atoms with van der Waals surface area (Å²) in [6.07, 6.45) is 0. The van der Waals surface area contributed by atoms with Crippen LogP contribution in [0.2, 0.25) is 0 Å². The monoisotopic (exact) mass is 642 g/mol. The van der Waals surface area contributed by atoms with Crippen molar-refractivity contribution in [3.05, 3.63) is 210 Å². The van der Waals surface area contributed by atoms with Crippen molar-refractivity contribution in [3.8, 4) is 33.4 Å². The van der Waals surface area contributed by atoms with Crippen LogP contribution in [0.15, 0.2) is 188 Å². The van der Waals surface area contributed by atoms with Gasteiger partial charge in [0, 0.05) is 15.9 Å². The summed E-state index contributed by atoms with van der Waals surface area (Å²) in [7, 11) is -3.05. The molecule has 0 aliphatic heterocycles. The molecule has 2 heteroatoms. The Kier molecular flexibility index (Phi) is 6.13. The summed E-state index contributed by atoms with van der Waals surface area (Å²) in [6, 6.07) is 66.6. The summed E-state index contributed by atoms with van der Waals surface area (Å²) in [5.41, 5.74) is 12.5. The molecule has 2 aliphatic carbocycles. The van der Waals surface area contributed by atoms with E-state index in [2.05, 4.69) is 127 Å². The maximum atomic E-state index is 15.0. The standard InChI is InChI=1S/C47H31OP/c48-49(35-14-3-1-4-15-35,36-16-5-2-6-17-36)37-27-23-32(24-28-37)34-26-29-44-41(31-34)46-38-18-8-7-13-33(38)25-30-45(46)47(44)42-21-11-9-19-39(42)40-20-10-12-22-43(40)47/h1-31H. The number of fused-ring (bicyclic) bond motifs is 12. The Morgan fingerprint density at radius 2 is 0.857 bits per heavy atom. The number of benzene rings is 8. The third-order valence-electron chi connectivity index (χ3n) is 10.8. The molecule has 0 unspecified atom stereocenters. The first kappa shape index (κ1) is 28.3. The molecule has 0 bridgehead atoms. The average molecular weight is 643 g/mol. The van der Waals surface area contributed by atoms with E-state index in [0.717, 1.165) is 27.0 Å². The van der Waals surface area contributed by atoms with Gasteiger partial charge in [0.2, 0.25) is 0 Å². The van der Waals surface area contributed by atoms with Gasteiger partial charge in [-0.1, -0.05) is 182 Å². The van der Waals surface area contributed by atoms with Gasteiger partial charge in [-0.25, -0.2) is 0 Å². The SMILES string of the molecule is O=P(c1ccccc1)(c1ccccc1)c1ccc(-c2ccc3c(c2)-c2c(ccc4ccccc24)C32c3ccccc3-c3ccccc32)cc1. The lowest BCUT2D eigenvalue weighted by Gasteiger charge is -2.30. The molecule has 2 aliphatic rings. The Morgan fingerprint density at radius 3 is 1.51 bits per heavy atom. The van der Waals surface area contributed by atoms with E-state index in [1.54, 1.807) is 0 Å². The zero-order valence-corrected chi connectivity index (χ0v) is 27.6. The third kappa shape index (κ3) is 3.85. The minimum absolute atomic E-state index is 0.387. The van der Waals surface area contributed by atoms with Gasteiger partial charge < -0.3 is 4.57 Å². The molecule has 0 N–H and O–H groups in total. The normalized spacial score (nSPS) is 13.6. The largest absolute Gasteiger partial charge is 0.309 e. The van der Waals surface area contributed by atoms with Crippen molar-refractivity contribution in [2.24, 2.45) is 0 Å². The maximum Gasteiger partial charge on any atom is 0.171 e. The van der Waals surface area contributed by atoms with Crippen molar-refractivity contribution in [3.63, 3.8) is 0 Å². The van der Waals surface area contributed by atoms with E-state index in [9.17, 15) is 0 Å². The topological polar surface area (TPSA) is 17.1 Å². The van der Waals surface area contributed by atoms with Crippen LogP contribution in [-0.4, -0.2) is 0 Å². The van der Waals surface area contributed by atoms with Crippen LogP contribution >= 0.6 is 7.14 Å². The fraction of sp³-hybridized carbons (Fsp3) is 0.0213. The van der Waals surface area contributed by atoms with Crippen LogP contribution in [-0.2, 0) is 9.98 Å². The molecule has 10 rings (SSSR count). The predicted molar refractivity (Wildman–Crippen MR) is 205 cm³/mol.